The maximum atomic E-state index is 12.8. The molecule has 1 amide bonds. The monoisotopic (exact) mass is 409 g/mol. The van der Waals surface area contributed by atoms with Crippen LogP contribution in [0.4, 0.5) is 0 Å². The van der Waals surface area contributed by atoms with E-state index in [1.807, 2.05) is 23.1 Å². The van der Waals surface area contributed by atoms with E-state index in [1.54, 1.807) is 0 Å². The lowest BCUT2D eigenvalue weighted by Gasteiger charge is -2.22. The summed E-state index contributed by atoms with van der Waals surface area (Å²) < 4.78 is 5.76. The molecule has 5 nitrogen and oxygen atoms in total. The predicted octanol–water partition coefficient (Wildman–Crippen LogP) is 5.19. The minimum Gasteiger partial charge on any atom is -0.411 e. The minimum atomic E-state index is 0.0726. The highest BCUT2D eigenvalue weighted by Crippen LogP contribution is 2.25. The molecule has 0 radical (unpaired) electrons. The molecule has 6 heteroatoms. The first-order valence-corrected chi connectivity index (χ1v) is 10.8. The molecule has 0 spiro atoms. The second-order valence-corrected chi connectivity index (χ2v) is 8.19. The van der Waals surface area contributed by atoms with Gasteiger partial charge in [0.1, 0.15) is 0 Å². The van der Waals surface area contributed by atoms with Gasteiger partial charge in [0.25, 0.3) is 5.22 Å². The highest BCUT2D eigenvalue weighted by Gasteiger charge is 2.16. The van der Waals surface area contributed by atoms with Crippen LogP contribution in [-0.4, -0.2) is 33.3 Å². The summed E-state index contributed by atoms with van der Waals surface area (Å²) in [6.07, 6.45) is 0.916. The first-order chi connectivity index (χ1) is 14.0. The molecular weight excluding hydrogens is 382 g/mol. The van der Waals surface area contributed by atoms with Gasteiger partial charge in [-0.1, -0.05) is 54.6 Å². The van der Waals surface area contributed by atoms with Crippen molar-refractivity contribution in [1.82, 2.24) is 15.1 Å². The smallest absolute Gasteiger partial charge is 0.277 e. The van der Waals surface area contributed by atoms with Crippen molar-refractivity contribution in [2.45, 2.75) is 45.9 Å². The van der Waals surface area contributed by atoms with E-state index < -0.39 is 0 Å². The van der Waals surface area contributed by atoms with Crippen LogP contribution in [0.2, 0.25) is 0 Å². The second-order valence-electron chi connectivity index (χ2n) is 7.26. The maximum Gasteiger partial charge on any atom is 0.277 e. The van der Waals surface area contributed by atoms with Crippen LogP contribution in [0.5, 0.6) is 0 Å². The van der Waals surface area contributed by atoms with E-state index in [0.717, 1.165) is 24.1 Å². The summed E-state index contributed by atoms with van der Waals surface area (Å²) in [5.41, 5.74) is 5.64. The quantitative estimate of drug-likeness (QED) is 0.479. The van der Waals surface area contributed by atoms with Gasteiger partial charge in [0.2, 0.25) is 11.8 Å². The summed E-state index contributed by atoms with van der Waals surface area (Å²) in [6, 6.07) is 14.3. The molecule has 0 aliphatic heterocycles. The van der Waals surface area contributed by atoms with E-state index in [-0.39, 0.29) is 11.7 Å². The fourth-order valence-electron chi connectivity index (χ4n) is 2.95. The molecule has 0 fully saturated rings. The van der Waals surface area contributed by atoms with Gasteiger partial charge in [0.15, 0.2) is 0 Å². The topological polar surface area (TPSA) is 59.2 Å². The number of hydrogen-bond acceptors (Lipinski definition) is 5. The number of hydrogen-bond donors (Lipinski definition) is 0. The largest absolute Gasteiger partial charge is 0.411 e. The Balaban J connectivity index is 1.61. The van der Waals surface area contributed by atoms with Gasteiger partial charge < -0.3 is 9.32 Å². The lowest BCUT2D eigenvalue weighted by atomic mass is 10.1. The van der Waals surface area contributed by atoms with Gasteiger partial charge in [0, 0.05) is 18.7 Å². The average molecular weight is 410 g/mol. The van der Waals surface area contributed by atoms with Crippen LogP contribution in [0.15, 0.2) is 52.1 Å². The molecule has 0 aliphatic carbocycles. The van der Waals surface area contributed by atoms with Crippen LogP contribution in [-0.2, 0) is 11.3 Å². The van der Waals surface area contributed by atoms with Crippen molar-refractivity contribution in [3.63, 3.8) is 0 Å². The number of amides is 1. The van der Waals surface area contributed by atoms with E-state index in [2.05, 4.69) is 62.2 Å². The Morgan fingerprint density at radius 2 is 1.79 bits per heavy atom. The van der Waals surface area contributed by atoms with Gasteiger partial charge in [-0.3, -0.25) is 4.79 Å². The molecule has 0 aliphatic rings. The summed E-state index contributed by atoms with van der Waals surface area (Å²) in [6.45, 7) is 9.61. The van der Waals surface area contributed by atoms with Crippen molar-refractivity contribution in [3.8, 4) is 11.5 Å². The highest BCUT2D eigenvalue weighted by molar-refractivity contribution is 7.99. The summed E-state index contributed by atoms with van der Waals surface area (Å²) in [7, 11) is 0. The van der Waals surface area contributed by atoms with Crippen molar-refractivity contribution in [1.29, 1.82) is 0 Å². The van der Waals surface area contributed by atoms with Crippen LogP contribution >= 0.6 is 11.8 Å². The Hall–Kier alpha value is -2.60. The first-order valence-electron chi connectivity index (χ1n) is 9.83. The van der Waals surface area contributed by atoms with Crippen LogP contribution in [0.25, 0.3) is 11.5 Å². The fourth-order valence-corrected chi connectivity index (χ4v) is 3.62. The number of thioether (sulfide) groups is 1. The molecule has 0 unspecified atom stereocenters. The summed E-state index contributed by atoms with van der Waals surface area (Å²) in [5, 5.41) is 8.64. The van der Waals surface area contributed by atoms with Crippen molar-refractivity contribution < 1.29 is 9.21 Å². The molecule has 3 rings (SSSR count). The molecular formula is C23H27N3O2S. The molecule has 3 aromatic rings. The van der Waals surface area contributed by atoms with Gasteiger partial charge in [-0.15, -0.1) is 10.2 Å². The first kappa shape index (κ1) is 21.1. The molecule has 0 N–H and O–H groups in total. The van der Waals surface area contributed by atoms with E-state index >= 15 is 0 Å². The lowest BCUT2D eigenvalue weighted by molar-refractivity contribution is -0.129. The highest BCUT2D eigenvalue weighted by atomic mass is 32.2. The number of aryl methyl sites for hydroxylation is 3. The maximum absolute atomic E-state index is 12.8. The van der Waals surface area contributed by atoms with Crippen LogP contribution in [0.3, 0.4) is 0 Å². The van der Waals surface area contributed by atoms with Gasteiger partial charge in [-0.25, -0.2) is 0 Å². The van der Waals surface area contributed by atoms with Gasteiger partial charge >= 0.3 is 0 Å². The summed E-state index contributed by atoms with van der Waals surface area (Å²) in [5.74, 6) is 0.830. The molecule has 2 aromatic carbocycles. The number of aromatic nitrogens is 2. The average Bonchev–Trinajstić information content (AvgIpc) is 3.18. The van der Waals surface area contributed by atoms with E-state index in [4.69, 9.17) is 4.42 Å². The number of carbonyl (C=O) groups is 1. The fraction of sp³-hybridized carbons (Fsp3) is 0.348. The third-order valence-electron chi connectivity index (χ3n) is 4.82. The van der Waals surface area contributed by atoms with Crippen molar-refractivity contribution >= 4 is 17.7 Å². The normalized spacial score (nSPS) is 10.9. The molecule has 152 valence electrons. The Bertz CT molecular complexity index is 967. The molecule has 1 aromatic heterocycles. The van der Waals surface area contributed by atoms with Crippen LogP contribution in [0, 0.1) is 20.8 Å². The molecule has 0 saturated carbocycles. The minimum absolute atomic E-state index is 0.0726. The van der Waals surface area contributed by atoms with Crippen molar-refractivity contribution in [2.75, 3.05) is 12.3 Å². The van der Waals surface area contributed by atoms with Gasteiger partial charge in [0.05, 0.1) is 5.75 Å². The molecule has 0 bridgehead atoms. The Morgan fingerprint density at radius 3 is 2.48 bits per heavy atom. The number of rotatable bonds is 8. The molecule has 0 atom stereocenters. The Morgan fingerprint density at radius 1 is 1.03 bits per heavy atom. The summed E-state index contributed by atoms with van der Waals surface area (Å²) in [4.78, 5) is 14.6. The Labute approximate surface area is 176 Å². The molecule has 0 saturated heterocycles. The third kappa shape index (κ3) is 5.70. The number of nitrogens with zero attached hydrogens (tertiary/aromatic N) is 3. The molecule has 1 heterocycles. The van der Waals surface area contributed by atoms with E-state index in [0.29, 0.717) is 17.7 Å². The zero-order valence-corrected chi connectivity index (χ0v) is 18.3. The van der Waals surface area contributed by atoms with E-state index in [1.165, 1.54) is 28.5 Å². The van der Waals surface area contributed by atoms with Gasteiger partial charge in [-0.05, 0) is 56.0 Å². The lowest BCUT2D eigenvalue weighted by Crippen LogP contribution is -2.32. The third-order valence-corrected chi connectivity index (χ3v) is 5.62. The Kier molecular flexibility index (Phi) is 7.09. The molecule has 29 heavy (non-hydrogen) atoms. The van der Waals surface area contributed by atoms with E-state index in [9.17, 15) is 4.79 Å². The predicted molar refractivity (Wildman–Crippen MR) is 117 cm³/mol. The second kappa shape index (κ2) is 9.74. The standard InChI is InChI=1S/C23H27N3O2S/c1-5-12-26(14-19-9-6-16(2)7-10-19)21(27)15-29-23-25-24-22(28-23)20-11-8-17(3)18(4)13-20/h6-11,13H,5,12,14-15H2,1-4H3. The number of benzene rings is 2. The van der Waals surface area contributed by atoms with Crippen molar-refractivity contribution in [3.05, 3.63) is 64.7 Å². The zero-order chi connectivity index (χ0) is 20.8. The summed E-state index contributed by atoms with van der Waals surface area (Å²) >= 11 is 1.29. The van der Waals surface area contributed by atoms with Crippen LogP contribution < -0.4 is 0 Å². The zero-order valence-electron chi connectivity index (χ0n) is 17.4. The SMILES string of the molecule is CCCN(Cc1ccc(C)cc1)C(=O)CSc1nnc(-c2ccc(C)c(C)c2)o1. The van der Waals surface area contributed by atoms with Crippen LogP contribution in [0.1, 0.15) is 35.6 Å². The van der Waals surface area contributed by atoms with Gasteiger partial charge in [-0.2, -0.15) is 0 Å². The number of carbonyl (C=O) groups excluding carboxylic acids is 1. The van der Waals surface area contributed by atoms with Crippen molar-refractivity contribution in [2.24, 2.45) is 0 Å².